The van der Waals surface area contributed by atoms with Crippen molar-refractivity contribution in [2.75, 3.05) is 38.1 Å². The quantitative estimate of drug-likeness (QED) is 0.797. The molecule has 1 fully saturated rings. The van der Waals surface area contributed by atoms with Crippen molar-refractivity contribution in [1.82, 2.24) is 15.4 Å². The number of rotatable bonds is 5. The fourth-order valence-corrected chi connectivity index (χ4v) is 4.27. The van der Waals surface area contributed by atoms with Gasteiger partial charge in [-0.3, -0.25) is 4.79 Å². The van der Waals surface area contributed by atoms with Crippen molar-refractivity contribution in [3.8, 4) is 11.3 Å². The van der Waals surface area contributed by atoms with E-state index in [0.29, 0.717) is 0 Å². The maximum absolute atomic E-state index is 12.6. The van der Waals surface area contributed by atoms with E-state index in [2.05, 4.69) is 58.5 Å². The maximum Gasteiger partial charge on any atom is 0.227 e. The minimum atomic E-state index is -0.205. The molecule has 1 aromatic carbocycles. The predicted octanol–water partition coefficient (Wildman–Crippen LogP) is 3.82. The largest absolute Gasteiger partial charge is 0.369 e. The molecule has 2 aromatic rings. The summed E-state index contributed by atoms with van der Waals surface area (Å²) in [5.41, 5.74) is 4.04. The summed E-state index contributed by atoms with van der Waals surface area (Å²) in [6, 6.07) is 10.6. The van der Waals surface area contributed by atoms with Crippen LogP contribution in [0.5, 0.6) is 0 Å². The molecule has 164 valence electrons. The Morgan fingerprint density at radius 3 is 2.71 bits per heavy atom. The van der Waals surface area contributed by atoms with Crippen molar-refractivity contribution in [2.45, 2.75) is 26.8 Å². The Kier molecular flexibility index (Phi) is 6.28. The monoisotopic (exact) mass is 420 g/mol. The number of nitrogens with one attached hydrogen (secondary N) is 1. The van der Waals surface area contributed by atoms with Gasteiger partial charge in [-0.25, -0.2) is 0 Å². The summed E-state index contributed by atoms with van der Waals surface area (Å²) in [5.74, 6) is 0.617. The van der Waals surface area contributed by atoms with Gasteiger partial charge in [0.05, 0.1) is 5.92 Å². The minimum Gasteiger partial charge on any atom is -0.369 e. The Balaban J connectivity index is 1.52. The average Bonchev–Trinajstić information content (AvgIpc) is 3.24. The lowest BCUT2D eigenvalue weighted by Gasteiger charge is -2.34. The van der Waals surface area contributed by atoms with E-state index in [9.17, 15) is 4.79 Å². The van der Waals surface area contributed by atoms with Gasteiger partial charge in [-0.15, -0.1) is 0 Å². The van der Waals surface area contributed by atoms with Crippen LogP contribution in [0.4, 0.5) is 5.69 Å². The Labute approximate surface area is 184 Å². The van der Waals surface area contributed by atoms with Crippen LogP contribution in [-0.2, 0) is 4.79 Å². The fourth-order valence-electron chi connectivity index (χ4n) is 4.27. The molecule has 4 rings (SSSR count). The fraction of sp³-hybridized carbons (Fsp3) is 0.440. The van der Waals surface area contributed by atoms with E-state index in [4.69, 9.17) is 4.52 Å². The Morgan fingerprint density at radius 2 is 1.97 bits per heavy atom. The lowest BCUT2D eigenvalue weighted by Crippen LogP contribution is -2.44. The first-order chi connectivity index (χ1) is 14.9. The van der Waals surface area contributed by atoms with Gasteiger partial charge in [-0.2, -0.15) is 0 Å². The summed E-state index contributed by atoms with van der Waals surface area (Å²) in [6.07, 6.45) is 5.95. The minimum absolute atomic E-state index is 0.0263. The van der Waals surface area contributed by atoms with E-state index in [0.717, 1.165) is 48.8 Å². The lowest BCUT2D eigenvalue weighted by atomic mass is 9.81. The molecular weight excluding hydrogens is 388 g/mol. The third-order valence-electron chi connectivity index (χ3n) is 6.16. The third-order valence-corrected chi connectivity index (χ3v) is 6.16. The van der Waals surface area contributed by atoms with Crippen LogP contribution >= 0.6 is 0 Å². The van der Waals surface area contributed by atoms with Crippen LogP contribution < -0.4 is 10.2 Å². The number of carbonyl (C=O) groups excluding carboxylic acids is 1. The highest BCUT2D eigenvalue weighted by molar-refractivity contribution is 5.85. The molecule has 2 atom stereocenters. The van der Waals surface area contributed by atoms with E-state index in [-0.39, 0.29) is 23.8 Å². The van der Waals surface area contributed by atoms with Crippen LogP contribution in [0, 0.1) is 11.8 Å². The highest BCUT2D eigenvalue weighted by Gasteiger charge is 2.29. The summed E-state index contributed by atoms with van der Waals surface area (Å²) in [7, 11) is 2.16. The molecule has 0 radical (unpaired) electrons. The van der Waals surface area contributed by atoms with Crippen molar-refractivity contribution < 1.29 is 9.32 Å². The van der Waals surface area contributed by atoms with Gasteiger partial charge in [0.25, 0.3) is 0 Å². The smallest absolute Gasteiger partial charge is 0.227 e. The Bertz CT molecular complexity index is 983. The SMILES string of the molecule is CC(C)NC(=O)C1C=CC=C(c2cc(-c3cccc(N4CCN(C)CC4)c3)on2)C1C. The van der Waals surface area contributed by atoms with Gasteiger partial charge >= 0.3 is 0 Å². The van der Waals surface area contributed by atoms with Gasteiger partial charge in [0, 0.05) is 49.5 Å². The first kappa shape index (κ1) is 21.4. The molecule has 31 heavy (non-hydrogen) atoms. The zero-order valence-corrected chi connectivity index (χ0v) is 18.8. The summed E-state index contributed by atoms with van der Waals surface area (Å²) in [6.45, 7) is 10.2. The van der Waals surface area contributed by atoms with Crippen LogP contribution in [-0.4, -0.2) is 55.2 Å². The first-order valence-electron chi connectivity index (χ1n) is 11.1. The van der Waals surface area contributed by atoms with Gasteiger partial charge in [0.15, 0.2) is 5.76 Å². The number of nitrogens with zero attached hydrogens (tertiary/aromatic N) is 3. The molecule has 6 nitrogen and oxygen atoms in total. The highest BCUT2D eigenvalue weighted by atomic mass is 16.5. The van der Waals surface area contributed by atoms with Gasteiger partial charge < -0.3 is 19.6 Å². The molecule has 0 spiro atoms. The third kappa shape index (κ3) is 4.74. The standard InChI is InChI=1S/C25H32N4O2/c1-17(2)26-25(30)22-10-6-9-21(18(22)3)23-16-24(31-27-23)19-7-5-8-20(15-19)29-13-11-28(4)12-14-29/h5-10,15-18,22H,11-14H2,1-4H3,(H,26,30). The number of hydrogen-bond acceptors (Lipinski definition) is 5. The zero-order valence-electron chi connectivity index (χ0n) is 18.8. The first-order valence-corrected chi connectivity index (χ1v) is 11.1. The molecular formula is C25H32N4O2. The Hall–Kier alpha value is -2.86. The highest BCUT2D eigenvalue weighted by Crippen LogP contribution is 2.35. The summed E-state index contributed by atoms with van der Waals surface area (Å²) < 4.78 is 5.73. The number of allylic oxidation sites excluding steroid dienone is 3. The van der Waals surface area contributed by atoms with E-state index in [1.165, 1.54) is 5.69 Å². The van der Waals surface area contributed by atoms with Crippen molar-refractivity contribution in [3.63, 3.8) is 0 Å². The van der Waals surface area contributed by atoms with E-state index in [1.54, 1.807) is 0 Å². The molecule has 1 aromatic heterocycles. The van der Waals surface area contributed by atoms with Crippen molar-refractivity contribution in [3.05, 3.63) is 54.3 Å². The zero-order chi connectivity index (χ0) is 22.0. The van der Waals surface area contributed by atoms with Crippen molar-refractivity contribution in [1.29, 1.82) is 0 Å². The van der Waals surface area contributed by atoms with E-state index in [1.807, 2.05) is 38.1 Å². The van der Waals surface area contributed by atoms with E-state index < -0.39 is 0 Å². The number of benzene rings is 1. The molecule has 1 saturated heterocycles. The van der Waals surface area contributed by atoms with Gasteiger partial charge in [-0.05, 0) is 44.5 Å². The van der Waals surface area contributed by atoms with Crippen LogP contribution in [0.1, 0.15) is 26.5 Å². The summed E-state index contributed by atoms with van der Waals surface area (Å²) in [5, 5.41) is 7.36. The second-order valence-corrected chi connectivity index (χ2v) is 8.90. The lowest BCUT2D eigenvalue weighted by molar-refractivity contribution is -0.124. The number of anilines is 1. The maximum atomic E-state index is 12.6. The normalized spacial score (nSPS) is 22.0. The number of carbonyl (C=O) groups is 1. The van der Waals surface area contributed by atoms with Crippen LogP contribution in [0.3, 0.4) is 0 Å². The molecule has 0 bridgehead atoms. The molecule has 1 amide bonds. The molecule has 0 saturated carbocycles. The van der Waals surface area contributed by atoms with Crippen LogP contribution in [0.2, 0.25) is 0 Å². The number of amides is 1. The molecule has 2 unspecified atom stereocenters. The molecule has 1 N–H and O–H groups in total. The van der Waals surface area contributed by atoms with Crippen LogP contribution in [0.15, 0.2) is 53.1 Å². The number of likely N-dealkylation sites (N-methyl/N-ethyl adjacent to an activating group) is 1. The van der Waals surface area contributed by atoms with Gasteiger partial charge in [0.2, 0.25) is 5.91 Å². The second-order valence-electron chi connectivity index (χ2n) is 8.90. The molecule has 6 heteroatoms. The van der Waals surface area contributed by atoms with Crippen LogP contribution in [0.25, 0.3) is 16.9 Å². The topological polar surface area (TPSA) is 61.6 Å². The molecule has 2 aliphatic rings. The number of hydrogen-bond donors (Lipinski definition) is 1. The van der Waals surface area contributed by atoms with Gasteiger partial charge in [0.1, 0.15) is 5.69 Å². The summed E-state index contributed by atoms with van der Waals surface area (Å²) in [4.78, 5) is 17.4. The average molecular weight is 421 g/mol. The predicted molar refractivity (Wildman–Crippen MR) is 125 cm³/mol. The van der Waals surface area contributed by atoms with Gasteiger partial charge in [-0.1, -0.05) is 42.4 Å². The summed E-state index contributed by atoms with van der Waals surface area (Å²) >= 11 is 0. The van der Waals surface area contributed by atoms with E-state index >= 15 is 0 Å². The van der Waals surface area contributed by atoms with Crippen molar-refractivity contribution in [2.24, 2.45) is 11.8 Å². The number of piperazine rings is 1. The second kappa shape index (κ2) is 9.10. The molecule has 2 heterocycles. The van der Waals surface area contributed by atoms with Crippen molar-refractivity contribution >= 4 is 17.2 Å². The number of aromatic nitrogens is 1. The Morgan fingerprint density at radius 1 is 1.19 bits per heavy atom. The molecule has 1 aliphatic heterocycles. The molecule has 1 aliphatic carbocycles.